The molecule has 3 aromatic rings. The minimum Gasteiger partial charge on any atom is -0.497 e. The van der Waals surface area contributed by atoms with E-state index in [1.807, 2.05) is 18.2 Å². The van der Waals surface area contributed by atoms with E-state index in [1.54, 1.807) is 31.5 Å². The summed E-state index contributed by atoms with van der Waals surface area (Å²) in [6.45, 7) is 1.99. The van der Waals surface area contributed by atoms with Crippen LogP contribution in [0.3, 0.4) is 0 Å². The zero-order valence-electron chi connectivity index (χ0n) is 14.9. The first-order chi connectivity index (χ1) is 13.1. The van der Waals surface area contributed by atoms with Crippen LogP contribution < -0.4 is 19.5 Å². The molecule has 0 saturated heterocycles. The molecule has 0 saturated carbocycles. The highest BCUT2D eigenvalue weighted by molar-refractivity contribution is 6.09. The van der Waals surface area contributed by atoms with Crippen molar-refractivity contribution in [3.05, 3.63) is 53.7 Å². The van der Waals surface area contributed by atoms with E-state index in [0.29, 0.717) is 40.3 Å². The molecule has 0 spiro atoms. The van der Waals surface area contributed by atoms with Crippen molar-refractivity contribution in [2.75, 3.05) is 13.9 Å². The van der Waals surface area contributed by atoms with Crippen molar-refractivity contribution >= 4 is 22.7 Å². The monoisotopic (exact) mass is 366 g/mol. The molecular weight excluding hydrogens is 348 g/mol. The number of nitrogens with one attached hydrogen (secondary N) is 1. The van der Waals surface area contributed by atoms with E-state index in [9.17, 15) is 9.59 Å². The summed E-state index contributed by atoms with van der Waals surface area (Å²) in [4.78, 5) is 24.7. The van der Waals surface area contributed by atoms with Crippen LogP contribution >= 0.6 is 0 Å². The Hall–Kier alpha value is -3.48. The molecule has 1 aromatic heterocycles. The molecule has 1 aliphatic heterocycles. The molecule has 27 heavy (non-hydrogen) atoms. The minimum absolute atomic E-state index is 0.167. The lowest BCUT2D eigenvalue weighted by atomic mass is 10.1. The Morgan fingerprint density at radius 2 is 1.96 bits per heavy atom. The van der Waals surface area contributed by atoms with Gasteiger partial charge in [0.05, 0.1) is 18.2 Å². The summed E-state index contributed by atoms with van der Waals surface area (Å²) in [5.74, 6) is 1.54. The van der Waals surface area contributed by atoms with Gasteiger partial charge in [0, 0.05) is 25.1 Å². The van der Waals surface area contributed by atoms with Crippen LogP contribution in [-0.4, -0.2) is 30.3 Å². The zero-order chi connectivity index (χ0) is 19.0. The third kappa shape index (κ3) is 3.08. The van der Waals surface area contributed by atoms with E-state index in [0.717, 1.165) is 5.56 Å². The Morgan fingerprint density at radius 3 is 2.74 bits per heavy atom. The first kappa shape index (κ1) is 17.0. The van der Waals surface area contributed by atoms with E-state index in [1.165, 1.54) is 11.5 Å². The minimum atomic E-state index is -0.272. The van der Waals surface area contributed by atoms with Crippen molar-refractivity contribution in [3.8, 4) is 17.2 Å². The third-order valence-corrected chi connectivity index (χ3v) is 4.49. The van der Waals surface area contributed by atoms with Crippen LogP contribution in [0.2, 0.25) is 0 Å². The number of fused-ring (bicyclic) bond motifs is 2. The molecular formula is C20H18N2O5. The van der Waals surface area contributed by atoms with Gasteiger partial charge in [0.15, 0.2) is 11.5 Å². The average molecular weight is 366 g/mol. The Morgan fingerprint density at radius 1 is 1.15 bits per heavy atom. The Kier molecular flexibility index (Phi) is 4.19. The number of ether oxygens (including phenoxy) is 3. The van der Waals surface area contributed by atoms with Gasteiger partial charge in [-0.05, 0) is 35.9 Å². The number of amides is 1. The number of benzene rings is 2. The Balaban J connectivity index is 1.61. The van der Waals surface area contributed by atoms with Gasteiger partial charge in [0.2, 0.25) is 12.7 Å². The number of hydrogen-bond donors (Lipinski definition) is 1. The molecule has 2 heterocycles. The fraction of sp³-hybridized carbons (Fsp3) is 0.200. The summed E-state index contributed by atoms with van der Waals surface area (Å²) in [5, 5.41) is 3.55. The van der Waals surface area contributed by atoms with Gasteiger partial charge in [-0.3, -0.25) is 14.2 Å². The number of aromatic nitrogens is 1. The summed E-state index contributed by atoms with van der Waals surface area (Å²) in [6, 6.07) is 10.8. The molecule has 138 valence electrons. The molecule has 1 aliphatic rings. The maximum Gasteiger partial charge on any atom is 0.253 e. The second-order valence-electron chi connectivity index (χ2n) is 6.19. The maximum atomic E-state index is 12.8. The first-order valence-electron chi connectivity index (χ1n) is 8.43. The lowest BCUT2D eigenvalue weighted by Crippen LogP contribution is -2.22. The third-order valence-electron chi connectivity index (χ3n) is 4.49. The first-order valence-corrected chi connectivity index (χ1v) is 8.43. The van der Waals surface area contributed by atoms with E-state index in [2.05, 4.69) is 5.32 Å². The number of hydrogen-bond acceptors (Lipinski definition) is 5. The van der Waals surface area contributed by atoms with Crippen molar-refractivity contribution in [3.63, 3.8) is 0 Å². The van der Waals surface area contributed by atoms with E-state index in [-0.39, 0.29) is 18.6 Å². The number of rotatable bonds is 4. The van der Waals surface area contributed by atoms with Crippen molar-refractivity contribution in [2.24, 2.45) is 0 Å². The highest BCUT2D eigenvalue weighted by Gasteiger charge is 2.18. The maximum absolute atomic E-state index is 12.8. The molecule has 0 atom stereocenters. The Bertz CT molecular complexity index is 1050. The van der Waals surface area contributed by atoms with Gasteiger partial charge in [0.1, 0.15) is 5.75 Å². The van der Waals surface area contributed by atoms with Crippen LogP contribution in [0, 0.1) is 0 Å². The van der Waals surface area contributed by atoms with Crippen molar-refractivity contribution in [2.45, 2.75) is 13.5 Å². The van der Waals surface area contributed by atoms with Crippen LogP contribution in [0.1, 0.15) is 27.6 Å². The van der Waals surface area contributed by atoms with Crippen LogP contribution in [0.15, 0.2) is 42.6 Å². The second-order valence-corrected chi connectivity index (χ2v) is 6.19. The van der Waals surface area contributed by atoms with E-state index in [4.69, 9.17) is 14.2 Å². The SMILES string of the molecule is COc1ccc2c(c1)c(C(=O)NCc1ccc3c(c1)OCO3)cn2C(C)=O. The molecule has 7 nitrogen and oxygen atoms in total. The molecule has 0 bridgehead atoms. The van der Waals surface area contributed by atoms with Gasteiger partial charge in [-0.25, -0.2) is 0 Å². The molecule has 0 fully saturated rings. The fourth-order valence-corrected chi connectivity index (χ4v) is 3.11. The normalized spacial score (nSPS) is 12.2. The van der Waals surface area contributed by atoms with E-state index >= 15 is 0 Å². The van der Waals surface area contributed by atoms with Gasteiger partial charge in [-0.15, -0.1) is 0 Å². The van der Waals surface area contributed by atoms with Gasteiger partial charge >= 0.3 is 0 Å². The highest BCUT2D eigenvalue weighted by atomic mass is 16.7. The molecule has 0 aliphatic carbocycles. The molecule has 0 radical (unpaired) electrons. The molecule has 4 rings (SSSR count). The number of carbonyl (C=O) groups excluding carboxylic acids is 2. The largest absolute Gasteiger partial charge is 0.497 e. The van der Waals surface area contributed by atoms with E-state index < -0.39 is 0 Å². The summed E-state index contributed by atoms with van der Waals surface area (Å²) >= 11 is 0. The summed E-state index contributed by atoms with van der Waals surface area (Å²) < 4.78 is 17.4. The Labute approximate surface area is 155 Å². The zero-order valence-corrected chi connectivity index (χ0v) is 14.9. The second kappa shape index (κ2) is 6.68. The summed E-state index contributed by atoms with van der Waals surface area (Å²) in [5.41, 5.74) is 1.97. The van der Waals surface area contributed by atoms with Crippen molar-refractivity contribution < 1.29 is 23.8 Å². The number of methoxy groups -OCH3 is 1. The van der Waals surface area contributed by atoms with Crippen molar-refractivity contribution in [1.29, 1.82) is 0 Å². The fourth-order valence-electron chi connectivity index (χ4n) is 3.11. The van der Waals surface area contributed by atoms with Gasteiger partial charge in [-0.1, -0.05) is 6.07 Å². The molecule has 7 heteroatoms. The standard InChI is InChI=1S/C20H18N2O5/c1-12(23)22-10-16(15-8-14(25-2)4-5-17(15)22)20(24)21-9-13-3-6-18-19(7-13)27-11-26-18/h3-8,10H,9,11H2,1-2H3,(H,21,24). The smallest absolute Gasteiger partial charge is 0.253 e. The lowest BCUT2D eigenvalue weighted by Gasteiger charge is -2.06. The molecule has 1 amide bonds. The predicted octanol–water partition coefficient (Wildman–Crippen LogP) is 2.97. The summed E-state index contributed by atoms with van der Waals surface area (Å²) in [6.07, 6.45) is 1.56. The lowest BCUT2D eigenvalue weighted by molar-refractivity contribution is 0.0941. The molecule has 2 aromatic carbocycles. The van der Waals surface area contributed by atoms with Gasteiger partial charge in [0.25, 0.3) is 5.91 Å². The van der Waals surface area contributed by atoms with Crippen LogP contribution in [-0.2, 0) is 6.54 Å². The highest BCUT2D eigenvalue weighted by Crippen LogP contribution is 2.32. The molecule has 1 N–H and O–H groups in total. The van der Waals surface area contributed by atoms with Gasteiger partial charge < -0.3 is 19.5 Å². The molecule has 0 unspecified atom stereocenters. The average Bonchev–Trinajstić information content (AvgIpc) is 3.29. The summed E-state index contributed by atoms with van der Waals surface area (Å²) in [7, 11) is 1.56. The number of nitrogens with zero attached hydrogens (tertiary/aromatic N) is 1. The van der Waals surface area contributed by atoms with Crippen molar-refractivity contribution in [1.82, 2.24) is 9.88 Å². The quantitative estimate of drug-likeness (QED) is 0.768. The predicted molar refractivity (Wildman–Crippen MR) is 98.5 cm³/mol. The topological polar surface area (TPSA) is 78.8 Å². The van der Waals surface area contributed by atoms with Crippen LogP contribution in [0.25, 0.3) is 10.9 Å². The van der Waals surface area contributed by atoms with Crippen LogP contribution in [0.4, 0.5) is 0 Å². The van der Waals surface area contributed by atoms with Gasteiger partial charge in [-0.2, -0.15) is 0 Å². The van der Waals surface area contributed by atoms with Crippen LogP contribution in [0.5, 0.6) is 17.2 Å². The number of carbonyl (C=O) groups is 2.